The van der Waals surface area contributed by atoms with Gasteiger partial charge in [0.2, 0.25) is 0 Å². The van der Waals surface area contributed by atoms with Gasteiger partial charge in [0.15, 0.2) is 0 Å². The summed E-state index contributed by atoms with van der Waals surface area (Å²) in [5.74, 6) is 0.755. The molecule has 1 N–H and O–H groups in total. The molecule has 0 aliphatic heterocycles. The highest BCUT2D eigenvalue weighted by atomic mass is 16.4. The van der Waals surface area contributed by atoms with Gasteiger partial charge in [0.05, 0.1) is 5.92 Å². The van der Waals surface area contributed by atoms with Crippen molar-refractivity contribution in [2.45, 2.75) is 72.3 Å². The van der Waals surface area contributed by atoms with E-state index in [-0.39, 0.29) is 12.0 Å². The SMILES string of the molecule is CCN(CC1CC1)C1CC(C(C)(C)CC)CCC1C(=O)O. The molecule has 2 fully saturated rings. The summed E-state index contributed by atoms with van der Waals surface area (Å²) in [6, 6.07) is 0.248. The minimum Gasteiger partial charge on any atom is -0.481 e. The predicted octanol–water partition coefficient (Wildman–Crippen LogP) is 4.02. The molecule has 21 heavy (non-hydrogen) atoms. The fraction of sp³-hybridized carbons (Fsp3) is 0.944. The molecule has 0 bridgehead atoms. The highest BCUT2D eigenvalue weighted by Crippen LogP contribution is 2.44. The molecule has 0 spiro atoms. The zero-order valence-corrected chi connectivity index (χ0v) is 14.3. The number of hydrogen-bond donors (Lipinski definition) is 1. The molecule has 0 aromatic carbocycles. The van der Waals surface area contributed by atoms with Crippen LogP contribution in [-0.4, -0.2) is 35.1 Å². The second-order valence-corrected chi connectivity index (χ2v) is 7.90. The second kappa shape index (κ2) is 6.68. The van der Waals surface area contributed by atoms with E-state index < -0.39 is 5.97 Å². The summed E-state index contributed by atoms with van der Waals surface area (Å²) in [7, 11) is 0. The van der Waals surface area contributed by atoms with Gasteiger partial charge in [0.25, 0.3) is 0 Å². The summed E-state index contributed by atoms with van der Waals surface area (Å²) >= 11 is 0. The number of carbonyl (C=O) groups is 1. The van der Waals surface area contributed by atoms with Gasteiger partial charge in [0, 0.05) is 12.6 Å². The standard InChI is InChI=1S/C18H33NO2/c1-5-18(3,4)14-9-10-15(17(20)21)16(11-14)19(6-2)12-13-7-8-13/h13-16H,5-12H2,1-4H3,(H,20,21). The zero-order chi connectivity index (χ0) is 15.6. The molecule has 0 aromatic heterocycles. The highest BCUT2D eigenvalue weighted by molar-refractivity contribution is 5.71. The predicted molar refractivity (Wildman–Crippen MR) is 86.3 cm³/mol. The molecule has 3 heteroatoms. The topological polar surface area (TPSA) is 40.5 Å². The fourth-order valence-electron chi connectivity index (χ4n) is 3.97. The monoisotopic (exact) mass is 295 g/mol. The maximum Gasteiger partial charge on any atom is 0.308 e. The Bertz CT molecular complexity index is 362. The van der Waals surface area contributed by atoms with Gasteiger partial charge in [-0.05, 0) is 55.9 Å². The van der Waals surface area contributed by atoms with Gasteiger partial charge in [-0.2, -0.15) is 0 Å². The molecule has 0 heterocycles. The summed E-state index contributed by atoms with van der Waals surface area (Å²) in [5.41, 5.74) is 0.334. The van der Waals surface area contributed by atoms with Gasteiger partial charge in [-0.3, -0.25) is 9.69 Å². The smallest absolute Gasteiger partial charge is 0.308 e. The van der Waals surface area contributed by atoms with Gasteiger partial charge in [-0.15, -0.1) is 0 Å². The Balaban J connectivity index is 2.11. The molecule has 3 unspecified atom stereocenters. The number of rotatable bonds is 7. The van der Waals surface area contributed by atoms with E-state index in [4.69, 9.17) is 0 Å². The lowest BCUT2D eigenvalue weighted by Gasteiger charge is -2.45. The average molecular weight is 295 g/mol. The third-order valence-electron chi connectivity index (χ3n) is 6.22. The van der Waals surface area contributed by atoms with Crippen LogP contribution in [0.4, 0.5) is 0 Å². The Labute approximate surface area is 130 Å². The third kappa shape index (κ3) is 4.00. The van der Waals surface area contributed by atoms with Crippen molar-refractivity contribution >= 4 is 5.97 Å². The van der Waals surface area contributed by atoms with Gasteiger partial charge < -0.3 is 5.11 Å². The average Bonchev–Trinajstić information content (AvgIpc) is 3.28. The number of carboxylic acids is 1. The Morgan fingerprint density at radius 2 is 1.86 bits per heavy atom. The van der Waals surface area contributed by atoms with Crippen LogP contribution in [0.2, 0.25) is 0 Å². The number of nitrogens with zero attached hydrogens (tertiary/aromatic N) is 1. The number of carboxylic acid groups (broad SMARTS) is 1. The highest BCUT2D eigenvalue weighted by Gasteiger charge is 2.42. The lowest BCUT2D eigenvalue weighted by molar-refractivity contribution is -0.147. The van der Waals surface area contributed by atoms with Crippen LogP contribution < -0.4 is 0 Å². The Morgan fingerprint density at radius 1 is 1.19 bits per heavy atom. The van der Waals surface area contributed by atoms with Crippen molar-refractivity contribution in [3.8, 4) is 0 Å². The summed E-state index contributed by atoms with van der Waals surface area (Å²) in [5, 5.41) is 9.62. The van der Waals surface area contributed by atoms with Gasteiger partial charge in [0.1, 0.15) is 0 Å². The minimum absolute atomic E-state index is 0.160. The third-order valence-corrected chi connectivity index (χ3v) is 6.22. The van der Waals surface area contributed by atoms with E-state index in [2.05, 4.69) is 32.6 Å². The van der Waals surface area contributed by atoms with Crippen molar-refractivity contribution in [1.29, 1.82) is 0 Å². The summed E-state index contributed by atoms with van der Waals surface area (Å²) < 4.78 is 0. The first-order valence-electron chi connectivity index (χ1n) is 8.85. The van der Waals surface area contributed by atoms with E-state index in [1.807, 2.05) is 0 Å². The van der Waals surface area contributed by atoms with Crippen LogP contribution in [0, 0.1) is 23.2 Å². The molecular weight excluding hydrogens is 262 g/mol. The van der Waals surface area contributed by atoms with Crippen LogP contribution in [0.1, 0.15) is 66.2 Å². The maximum absolute atomic E-state index is 11.7. The van der Waals surface area contributed by atoms with E-state index >= 15 is 0 Å². The van der Waals surface area contributed by atoms with E-state index in [1.165, 1.54) is 19.3 Å². The molecule has 2 rings (SSSR count). The molecule has 0 aromatic rings. The van der Waals surface area contributed by atoms with Crippen molar-refractivity contribution in [3.05, 3.63) is 0 Å². The van der Waals surface area contributed by atoms with Crippen LogP contribution in [-0.2, 0) is 4.79 Å². The molecule has 0 radical (unpaired) electrons. The first-order chi connectivity index (χ1) is 9.89. The van der Waals surface area contributed by atoms with E-state index in [0.29, 0.717) is 11.3 Å². The second-order valence-electron chi connectivity index (χ2n) is 7.90. The first-order valence-corrected chi connectivity index (χ1v) is 8.85. The summed E-state index contributed by atoms with van der Waals surface area (Å²) in [6.07, 6.45) is 6.86. The van der Waals surface area contributed by atoms with Crippen LogP contribution in [0.25, 0.3) is 0 Å². The lowest BCUT2D eigenvalue weighted by atomic mass is 9.65. The molecule has 3 nitrogen and oxygen atoms in total. The largest absolute Gasteiger partial charge is 0.481 e. The Hall–Kier alpha value is -0.570. The van der Waals surface area contributed by atoms with Gasteiger partial charge >= 0.3 is 5.97 Å². The van der Waals surface area contributed by atoms with Crippen molar-refractivity contribution in [1.82, 2.24) is 4.90 Å². The summed E-state index contributed by atoms with van der Waals surface area (Å²) in [6.45, 7) is 11.3. The van der Waals surface area contributed by atoms with E-state index in [9.17, 15) is 9.90 Å². The van der Waals surface area contributed by atoms with Crippen molar-refractivity contribution < 1.29 is 9.90 Å². The normalized spacial score (nSPS) is 30.6. The quantitative estimate of drug-likeness (QED) is 0.771. The van der Waals surface area contributed by atoms with Gasteiger partial charge in [-0.25, -0.2) is 0 Å². The molecule has 122 valence electrons. The fourth-order valence-corrected chi connectivity index (χ4v) is 3.97. The molecule has 3 atom stereocenters. The van der Waals surface area contributed by atoms with Crippen molar-refractivity contribution in [3.63, 3.8) is 0 Å². The number of hydrogen-bond acceptors (Lipinski definition) is 2. The zero-order valence-electron chi connectivity index (χ0n) is 14.3. The summed E-state index contributed by atoms with van der Waals surface area (Å²) in [4.78, 5) is 14.2. The molecule has 2 aliphatic rings. The molecule has 0 amide bonds. The van der Waals surface area contributed by atoms with Crippen LogP contribution >= 0.6 is 0 Å². The Kier molecular flexibility index (Phi) is 5.34. The number of aliphatic carboxylic acids is 1. The maximum atomic E-state index is 11.7. The van der Waals surface area contributed by atoms with Crippen LogP contribution in [0.15, 0.2) is 0 Å². The minimum atomic E-state index is -0.581. The lowest BCUT2D eigenvalue weighted by Crippen LogP contribution is -2.49. The Morgan fingerprint density at radius 3 is 2.33 bits per heavy atom. The molecule has 0 saturated heterocycles. The van der Waals surface area contributed by atoms with Crippen LogP contribution in [0.5, 0.6) is 0 Å². The van der Waals surface area contributed by atoms with Crippen molar-refractivity contribution in [2.24, 2.45) is 23.2 Å². The first kappa shape index (κ1) is 16.8. The molecular formula is C18H33NO2. The van der Waals surface area contributed by atoms with Crippen molar-refractivity contribution in [2.75, 3.05) is 13.1 Å². The molecule has 2 aliphatic carbocycles. The van der Waals surface area contributed by atoms with E-state index in [0.717, 1.165) is 38.3 Å². The van der Waals surface area contributed by atoms with E-state index in [1.54, 1.807) is 0 Å². The molecule has 2 saturated carbocycles. The van der Waals surface area contributed by atoms with Crippen LogP contribution in [0.3, 0.4) is 0 Å². The van der Waals surface area contributed by atoms with Gasteiger partial charge in [-0.1, -0.05) is 34.1 Å².